The monoisotopic (exact) mass is 291 g/mol. The summed E-state index contributed by atoms with van der Waals surface area (Å²) in [6.45, 7) is 4.47. The maximum atomic E-state index is 12.3. The minimum absolute atomic E-state index is 0.126. The largest absolute Gasteiger partial charge is 0.396 e. The van der Waals surface area contributed by atoms with Gasteiger partial charge in [-0.05, 0) is 32.8 Å². The van der Waals surface area contributed by atoms with Gasteiger partial charge in [-0.2, -0.15) is 0 Å². The van der Waals surface area contributed by atoms with Crippen molar-refractivity contribution in [1.29, 1.82) is 0 Å². The molecule has 0 atom stereocenters. The van der Waals surface area contributed by atoms with Crippen LogP contribution in [0.1, 0.15) is 47.4 Å². The molecular weight excluding hydrogens is 270 g/mol. The Labute approximate surface area is 123 Å². The van der Waals surface area contributed by atoms with Crippen LogP contribution in [0, 0.1) is 13.8 Å². The summed E-state index contributed by atoms with van der Waals surface area (Å²) in [7, 11) is 0. The van der Waals surface area contributed by atoms with Gasteiger partial charge in [-0.15, -0.1) is 0 Å². The molecule has 0 fully saturated rings. The maximum Gasteiger partial charge on any atom is 0.258 e. The summed E-state index contributed by atoms with van der Waals surface area (Å²) in [5.41, 5.74) is 2.37. The number of hydrogen-bond acceptors (Lipinski definition) is 5. The Morgan fingerprint density at radius 3 is 2.81 bits per heavy atom. The van der Waals surface area contributed by atoms with Crippen molar-refractivity contribution in [3.05, 3.63) is 23.0 Å². The van der Waals surface area contributed by atoms with E-state index in [1.807, 2.05) is 6.92 Å². The zero-order valence-corrected chi connectivity index (χ0v) is 12.5. The fourth-order valence-corrected chi connectivity index (χ4v) is 2.28. The van der Waals surface area contributed by atoms with Gasteiger partial charge in [0, 0.05) is 18.8 Å². The highest BCUT2D eigenvalue weighted by atomic mass is 16.5. The average Bonchev–Trinajstić information content (AvgIpc) is 2.83. The highest BCUT2D eigenvalue weighted by Gasteiger charge is 2.17. The van der Waals surface area contributed by atoms with Gasteiger partial charge in [-0.25, -0.2) is 4.98 Å². The number of amides is 1. The van der Waals surface area contributed by atoms with Crippen LogP contribution in [-0.4, -0.2) is 34.3 Å². The molecule has 6 heteroatoms. The number of aromatic nitrogens is 2. The fraction of sp³-hybridized carbons (Fsp3) is 0.533. The Kier molecular flexibility index (Phi) is 5.27. The van der Waals surface area contributed by atoms with E-state index in [4.69, 9.17) is 9.63 Å². The Morgan fingerprint density at radius 2 is 2.05 bits per heavy atom. The summed E-state index contributed by atoms with van der Waals surface area (Å²) in [4.78, 5) is 16.5. The van der Waals surface area contributed by atoms with Crippen LogP contribution >= 0.6 is 0 Å². The lowest BCUT2D eigenvalue weighted by atomic mass is 10.1. The van der Waals surface area contributed by atoms with Crippen LogP contribution in [0.5, 0.6) is 0 Å². The Hall–Kier alpha value is -1.95. The average molecular weight is 291 g/mol. The molecule has 2 aromatic heterocycles. The molecule has 2 aromatic rings. The van der Waals surface area contributed by atoms with Crippen molar-refractivity contribution in [2.75, 3.05) is 13.2 Å². The predicted octanol–water partition coefficient (Wildman–Crippen LogP) is 2.12. The number of carbonyl (C=O) groups excluding carboxylic acids is 1. The molecule has 0 aliphatic heterocycles. The minimum atomic E-state index is -0.126. The lowest BCUT2D eigenvalue weighted by molar-refractivity contribution is 0.0954. The van der Waals surface area contributed by atoms with Gasteiger partial charge in [-0.3, -0.25) is 4.79 Å². The van der Waals surface area contributed by atoms with Crippen molar-refractivity contribution >= 4 is 17.0 Å². The molecule has 114 valence electrons. The summed E-state index contributed by atoms with van der Waals surface area (Å²) in [5.74, 6) is -0.126. The van der Waals surface area contributed by atoms with E-state index in [1.165, 1.54) is 0 Å². The zero-order chi connectivity index (χ0) is 15.2. The molecule has 6 nitrogen and oxygen atoms in total. The molecule has 0 saturated heterocycles. The van der Waals surface area contributed by atoms with E-state index in [0.29, 0.717) is 28.9 Å². The molecule has 0 aliphatic carbocycles. The van der Waals surface area contributed by atoms with Gasteiger partial charge in [0.05, 0.1) is 16.6 Å². The second-order valence-corrected chi connectivity index (χ2v) is 5.15. The lowest BCUT2D eigenvalue weighted by Crippen LogP contribution is -2.25. The molecular formula is C15H21N3O3. The third kappa shape index (κ3) is 3.78. The quantitative estimate of drug-likeness (QED) is 0.763. The number of nitrogens with zero attached hydrogens (tertiary/aromatic N) is 2. The van der Waals surface area contributed by atoms with Crippen molar-refractivity contribution in [3.63, 3.8) is 0 Å². The number of fused-ring (bicyclic) bond motifs is 1. The first-order valence-corrected chi connectivity index (χ1v) is 7.26. The third-order valence-corrected chi connectivity index (χ3v) is 3.36. The van der Waals surface area contributed by atoms with Crippen LogP contribution in [0.4, 0.5) is 0 Å². The van der Waals surface area contributed by atoms with Crippen LogP contribution in [0.15, 0.2) is 10.6 Å². The van der Waals surface area contributed by atoms with Crippen molar-refractivity contribution < 1.29 is 14.4 Å². The number of carbonyl (C=O) groups is 1. The number of aliphatic hydroxyl groups is 1. The van der Waals surface area contributed by atoms with Gasteiger partial charge in [0.25, 0.3) is 11.6 Å². The molecule has 0 unspecified atom stereocenters. The molecule has 0 aliphatic rings. The second-order valence-electron chi connectivity index (χ2n) is 5.15. The summed E-state index contributed by atoms with van der Waals surface area (Å²) in [5, 5.41) is 16.2. The zero-order valence-electron chi connectivity index (χ0n) is 12.5. The predicted molar refractivity (Wildman–Crippen MR) is 79.2 cm³/mol. The van der Waals surface area contributed by atoms with Crippen LogP contribution in [0.25, 0.3) is 11.1 Å². The van der Waals surface area contributed by atoms with Gasteiger partial charge >= 0.3 is 0 Å². The van der Waals surface area contributed by atoms with E-state index in [1.54, 1.807) is 13.0 Å². The molecule has 1 amide bonds. The minimum Gasteiger partial charge on any atom is -0.396 e. The first-order valence-electron chi connectivity index (χ1n) is 7.26. The molecule has 0 saturated carbocycles. The number of aryl methyl sites for hydroxylation is 2. The molecule has 2 rings (SSSR count). The highest BCUT2D eigenvalue weighted by molar-refractivity contribution is 6.05. The summed E-state index contributed by atoms with van der Waals surface area (Å²) >= 11 is 0. The second kappa shape index (κ2) is 7.17. The van der Waals surface area contributed by atoms with Gasteiger partial charge in [-0.1, -0.05) is 18.0 Å². The smallest absolute Gasteiger partial charge is 0.258 e. The van der Waals surface area contributed by atoms with Crippen molar-refractivity contribution in [2.24, 2.45) is 0 Å². The lowest BCUT2D eigenvalue weighted by Gasteiger charge is -2.06. The molecule has 0 bridgehead atoms. The van der Waals surface area contributed by atoms with Crippen molar-refractivity contribution in [2.45, 2.75) is 39.5 Å². The number of nitrogens with one attached hydrogen (secondary N) is 1. The van der Waals surface area contributed by atoms with Gasteiger partial charge < -0.3 is 14.9 Å². The number of aliphatic hydroxyl groups excluding tert-OH is 1. The van der Waals surface area contributed by atoms with Crippen LogP contribution in [-0.2, 0) is 0 Å². The fourth-order valence-electron chi connectivity index (χ4n) is 2.28. The SMILES string of the molecule is Cc1cc(C(=O)NCCCCCCO)c2c(C)noc2n1. The molecule has 0 aromatic carbocycles. The summed E-state index contributed by atoms with van der Waals surface area (Å²) < 4.78 is 5.13. The topological polar surface area (TPSA) is 88.2 Å². The number of hydrogen-bond donors (Lipinski definition) is 2. The van der Waals surface area contributed by atoms with E-state index >= 15 is 0 Å². The van der Waals surface area contributed by atoms with Crippen molar-refractivity contribution in [3.8, 4) is 0 Å². The standard InChI is InChI=1S/C15H21N3O3/c1-10-9-12(13-11(2)18-21-15(13)17-10)14(20)16-7-5-3-4-6-8-19/h9,19H,3-8H2,1-2H3,(H,16,20). The Balaban J connectivity index is 2.01. The Bertz CT molecular complexity index is 622. The molecule has 0 radical (unpaired) electrons. The van der Waals surface area contributed by atoms with E-state index in [2.05, 4.69) is 15.5 Å². The first kappa shape index (κ1) is 15.4. The summed E-state index contributed by atoms with van der Waals surface area (Å²) in [6, 6.07) is 1.76. The Morgan fingerprint density at radius 1 is 1.29 bits per heavy atom. The number of unbranched alkanes of at least 4 members (excludes halogenated alkanes) is 3. The number of rotatable bonds is 7. The first-order chi connectivity index (χ1) is 10.1. The van der Waals surface area contributed by atoms with E-state index in [0.717, 1.165) is 31.4 Å². The van der Waals surface area contributed by atoms with Crippen LogP contribution in [0.3, 0.4) is 0 Å². The molecule has 2 heterocycles. The van der Waals surface area contributed by atoms with Gasteiger partial charge in [0.1, 0.15) is 0 Å². The molecule has 0 spiro atoms. The van der Waals surface area contributed by atoms with Gasteiger partial charge in [0.2, 0.25) is 0 Å². The molecule has 21 heavy (non-hydrogen) atoms. The third-order valence-electron chi connectivity index (χ3n) is 3.36. The summed E-state index contributed by atoms with van der Waals surface area (Å²) in [6.07, 6.45) is 3.70. The van der Waals surface area contributed by atoms with E-state index in [-0.39, 0.29) is 12.5 Å². The molecule has 2 N–H and O–H groups in total. The maximum absolute atomic E-state index is 12.3. The number of pyridine rings is 1. The van der Waals surface area contributed by atoms with E-state index < -0.39 is 0 Å². The normalized spacial score (nSPS) is 11.0. The van der Waals surface area contributed by atoms with Gasteiger partial charge in [0.15, 0.2) is 0 Å². The van der Waals surface area contributed by atoms with Crippen LogP contribution in [0.2, 0.25) is 0 Å². The van der Waals surface area contributed by atoms with Crippen LogP contribution < -0.4 is 5.32 Å². The highest BCUT2D eigenvalue weighted by Crippen LogP contribution is 2.21. The van der Waals surface area contributed by atoms with Crippen molar-refractivity contribution in [1.82, 2.24) is 15.5 Å². The van der Waals surface area contributed by atoms with E-state index in [9.17, 15) is 4.79 Å².